The molecule has 0 atom stereocenters. The van der Waals surface area contributed by atoms with Crippen LogP contribution >= 0.6 is 0 Å². The average molecular weight is 442 g/mol. The lowest BCUT2D eigenvalue weighted by atomic mass is 10.1. The van der Waals surface area contributed by atoms with Crippen LogP contribution < -0.4 is 14.8 Å². The lowest BCUT2D eigenvalue weighted by Gasteiger charge is -2.34. The summed E-state index contributed by atoms with van der Waals surface area (Å²) in [6.07, 6.45) is 4.65. The number of methoxy groups -OCH3 is 1. The number of carbonyl (C=O) groups excluding carboxylic acids is 2. The second kappa shape index (κ2) is 9.89. The summed E-state index contributed by atoms with van der Waals surface area (Å²) in [5, 5.41) is 2.75. The van der Waals surface area contributed by atoms with E-state index in [1.165, 1.54) is 37.1 Å². The second-order valence-electron chi connectivity index (χ2n) is 8.11. The number of piperazine rings is 1. The van der Waals surface area contributed by atoms with E-state index in [1.807, 2.05) is 0 Å². The third-order valence-corrected chi connectivity index (χ3v) is 5.96. The topological polar surface area (TPSA) is 71.1 Å². The Morgan fingerprint density at radius 3 is 2.25 bits per heavy atom. The zero-order valence-corrected chi connectivity index (χ0v) is 18.2. The Morgan fingerprint density at radius 1 is 0.938 bits per heavy atom. The number of urea groups is 1. The first kappa shape index (κ1) is 21.9. The number of nitrogens with zero attached hydrogens (tertiary/aromatic N) is 2. The number of halogens is 1. The Bertz CT molecular complexity index is 952. The number of nitrogens with one attached hydrogen (secondary N) is 1. The van der Waals surface area contributed by atoms with Gasteiger partial charge >= 0.3 is 6.03 Å². The summed E-state index contributed by atoms with van der Waals surface area (Å²) in [6, 6.07) is 10.6. The summed E-state index contributed by atoms with van der Waals surface area (Å²) in [4.78, 5) is 28.8. The number of carbonyl (C=O) groups is 2. The van der Waals surface area contributed by atoms with E-state index in [-0.39, 0.29) is 23.9 Å². The second-order valence-corrected chi connectivity index (χ2v) is 8.11. The van der Waals surface area contributed by atoms with Crippen LogP contribution in [0, 0.1) is 5.82 Å². The molecule has 0 radical (unpaired) electrons. The molecule has 0 unspecified atom stereocenters. The molecule has 7 nitrogen and oxygen atoms in total. The summed E-state index contributed by atoms with van der Waals surface area (Å²) in [5.41, 5.74) is 1.06. The molecule has 2 aliphatic rings. The van der Waals surface area contributed by atoms with Gasteiger partial charge in [-0.15, -0.1) is 0 Å². The van der Waals surface area contributed by atoms with Crippen molar-refractivity contribution < 1.29 is 23.5 Å². The number of ether oxygens (including phenoxy) is 2. The molecule has 2 aromatic carbocycles. The molecular weight excluding hydrogens is 413 g/mol. The van der Waals surface area contributed by atoms with E-state index >= 15 is 0 Å². The summed E-state index contributed by atoms with van der Waals surface area (Å²) in [7, 11) is 1.57. The molecule has 0 aromatic heterocycles. The summed E-state index contributed by atoms with van der Waals surface area (Å²) in [5.74, 6) is 0.762. The highest BCUT2D eigenvalue weighted by Gasteiger charge is 2.26. The fourth-order valence-corrected chi connectivity index (χ4v) is 4.11. The maximum absolute atomic E-state index is 13.0. The largest absolute Gasteiger partial charge is 0.493 e. The van der Waals surface area contributed by atoms with Crippen molar-refractivity contribution in [2.24, 2.45) is 0 Å². The van der Waals surface area contributed by atoms with Gasteiger partial charge in [0.15, 0.2) is 11.5 Å². The third kappa shape index (κ3) is 5.12. The van der Waals surface area contributed by atoms with E-state index in [0.29, 0.717) is 48.9 Å². The molecule has 2 aromatic rings. The summed E-state index contributed by atoms with van der Waals surface area (Å²) in [6.45, 7) is 1.69. The molecule has 1 heterocycles. The van der Waals surface area contributed by atoms with Gasteiger partial charge in [0.2, 0.25) is 0 Å². The van der Waals surface area contributed by atoms with Crippen molar-refractivity contribution in [2.75, 3.05) is 38.6 Å². The van der Waals surface area contributed by atoms with E-state index in [9.17, 15) is 14.0 Å². The van der Waals surface area contributed by atoms with Crippen LogP contribution in [0.15, 0.2) is 42.5 Å². The predicted octanol–water partition coefficient (Wildman–Crippen LogP) is 4.15. The van der Waals surface area contributed by atoms with E-state index in [2.05, 4.69) is 5.32 Å². The summed E-state index contributed by atoms with van der Waals surface area (Å²) >= 11 is 0. The van der Waals surface area contributed by atoms with Crippen LogP contribution in [-0.2, 0) is 0 Å². The van der Waals surface area contributed by atoms with Crippen LogP contribution in [0.5, 0.6) is 11.5 Å². The van der Waals surface area contributed by atoms with Gasteiger partial charge in [-0.1, -0.05) is 0 Å². The fraction of sp³-hybridized carbons (Fsp3) is 0.417. The third-order valence-electron chi connectivity index (χ3n) is 5.96. The minimum atomic E-state index is -0.357. The summed E-state index contributed by atoms with van der Waals surface area (Å²) < 4.78 is 24.5. The van der Waals surface area contributed by atoms with Crippen molar-refractivity contribution in [1.29, 1.82) is 0 Å². The highest BCUT2D eigenvalue weighted by Crippen LogP contribution is 2.32. The SMILES string of the molecule is COc1cc(C(=O)N2CCN(C(=O)Nc3ccc(F)cc3)CC2)ccc1OC1CCCC1. The van der Waals surface area contributed by atoms with Gasteiger partial charge in [-0.3, -0.25) is 4.79 Å². The normalized spacial score (nSPS) is 16.7. The van der Waals surface area contributed by atoms with Gasteiger partial charge in [-0.25, -0.2) is 9.18 Å². The smallest absolute Gasteiger partial charge is 0.321 e. The Morgan fingerprint density at radius 2 is 1.59 bits per heavy atom. The van der Waals surface area contributed by atoms with Gasteiger partial charge < -0.3 is 24.6 Å². The molecule has 1 aliphatic heterocycles. The quantitative estimate of drug-likeness (QED) is 0.757. The lowest BCUT2D eigenvalue weighted by Crippen LogP contribution is -2.51. The maximum Gasteiger partial charge on any atom is 0.321 e. The number of hydrogen-bond acceptors (Lipinski definition) is 4. The van der Waals surface area contributed by atoms with Crippen LogP contribution in [0.25, 0.3) is 0 Å². The number of hydrogen-bond donors (Lipinski definition) is 1. The molecule has 4 rings (SSSR count). The molecule has 1 saturated carbocycles. The first-order valence-electron chi connectivity index (χ1n) is 11.0. The van der Waals surface area contributed by atoms with Gasteiger partial charge in [-0.2, -0.15) is 0 Å². The zero-order valence-electron chi connectivity index (χ0n) is 18.2. The number of anilines is 1. The van der Waals surface area contributed by atoms with E-state index < -0.39 is 0 Å². The first-order chi connectivity index (χ1) is 15.5. The number of rotatable bonds is 5. The van der Waals surface area contributed by atoms with Gasteiger partial charge in [0.25, 0.3) is 5.91 Å². The van der Waals surface area contributed by atoms with Crippen molar-refractivity contribution in [3.05, 3.63) is 53.8 Å². The molecule has 1 aliphatic carbocycles. The standard InChI is InChI=1S/C24H28FN3O4/c1-31-22-16-17(6-11-21(22)32-20-4-2-3-5-20)23(29)27-12-14-28(15-13-27)24(30)26-19-9-7-18(25)8-10-19/h6-11,16,20H,2-5,12-15H2,1H3,(H,26,30). The van der Waals surface area contributed by atoms with Crippen LogP contribution in [0.4, 0.5) is 14.9 Å². The molecule has 1 saturated heterocycles. The van der Waals surface area contributed by atoms with Crippen molar-refractivity contribution in [3.63, 3.8) is 0 Å². The highest BCUT2D eigenvalue weighted by molar-refractivity contribution is 5.95. The van der Waals surface area contributed by atoms with E-state index in [1.54, 1.807) is 35.1 Å². The maximum atomic E-state index is 13.0. The molecule has 2 fully saturated rings. The van der Waals surface area contributed by atoms with Crippen molar-refractivity contribution in [3.8, 4) is 11.5 Å². The molecule has 1 N–H and O–H groups in total. The van der Waals surface area contributed by atoms with Crippen LogP contribution in [0.2, 0.25) is 0 Å². The Balaban J connectivity index is 1.33. The number of amides is 3. The minimum absolute atomic E-state index is 0.102. The van der Waals surface area contributed by atoms with Gasteiger partial charge in [0, 0.05) is 37.4 Å². The van der Waals surface area contributed by atoms with Crippen LogP contribution in [0.3, 0.4) is 0 Å². The van der Waals surface area contributed by atoms with E-state index in [4.69, 9.17) is 9.47 Å². The van der Waals surface area contributed by atoms with E-state index in [0.717, 1.165) is 12.8 Å². The van der Waals surface area contributed by atoms with Crippen molar-refractivity contribution >= 4 is 17.6 Å². The molecule has 170 valence electrons. The molecular formula is C24H28FN3O4. The van der Waals surface area contributed by atoms with Gasteiger partial charge in [0.1, 0.15) is 5.82 Å². The fourth-order valence-electron chi connectivity index (χ4n) is 4.11. The van der Waals surface area contributed by atoms with Gasteiger partial charge in [-0.05, 0) is 68.1 Å². The predicted molar refractivity (Wildman–Crippen MR) is 119 cm³/mol. The monoisotopic (exact) mass is 441 g/mol. The molecule has 0 bridgehead atoms. The van der Waals surface area contributed by atoms with Crippen molar-refractivity contribution in [1.82, 2.24) is 9.80 Å². The Kier molecular flexibility index (Phi) is 6.78. The molecule has 0 spiro atoms. The zero-order chi connectivity index (χ0) is 22.5. The Hall–Kier alpha value is -3.29. The Labute approximate surface area is 187 Å². The lowest BCUT2D eigenvalue weighted by molar-refractivity contribution is 0.0671. The van der Waals surface area contributed by atoms with Crippen LogP contribution in [0.1, 0.15) is 36.0 Å². The minimum Gasteiger partial charge on any atom is -0.493 e. The molecule has 3 amide bonds. The van der Waals surface area contributed by atoms with Crippen molar-refractivity contribution in [2.45, 2.75) is 31.8 Å². The molecule has 32 heavy (non-hydrogen) atoms. The first-order valence-corrected chi connectivity index (χ1v) is 11.0. The average Bonchev–Trinajstić information content (AvgIpc) is 3.33. The molecule has 8 heteroatoms. The highest BCUT2D eigenvalue weighted by atomic mass is 19.1. The van der Waals surface area contributed by atoms with Gasteiger partial charge in [0.05, 0.1) is 13.2 Å². The number of benzene rings is 2. The van der Waals surface area contributed by atoms with Crippen LogP contribution in [-0.4, -0.2) is 61.1 Å².